The molecule has 1 saturated heterocycles. The Bertz CT molecular complexity index is 1170. The summed E-state index contributed by atoms with van der Waals surface area (Å²) >= 11 is 0. The monoisotopic (exact) mass is 454 g/mol. The van der Waals surface area contributed by atoms with E-state index in [9.17, 15) is 19.7 Å². The number of non-ortho nitro benzene ring substituents is 1. The number of fused-ring (bicyclic) bond motifs is 1. The standard InChI is InChI=1S/C23H26N4O6/c28-22(24-19(17-5-2-1-3-6-17)16-25-11-13-32-14-12-25)7-4-10-26-20-9-8-18(27(30)31)15-21(20)33-23(26)29/h1-3,5-6,8-9,15,19H,4,7,10-14,16H2,(H,24,28)/t19-/m0/s1. The van der Waals surface area contributed by atoms with Crippen molar-refractivity contribution in [3.63, 3.8) is 0 Å². The van der Waals surface area contributed by atoms with Crippen molar-refractivity contribution in [2.24, 2.45) is 0 Å². The predicted octanol–water partition coefficient (Wildman–Crippen LogP) is 2.47. The van der Waals surface area contributed by atoms with Crippen LogP contribution in [-0.4, -0.2) is 53.1 Å². The van der Waals surface area contributed by atoms with Crippen LogP contribution in [0.2, 0.25) is 0 Å². The van der Waals surface area contributed by atoms with Crippen LogP contribution in [0.4, 0.5) is 5.69 Å². The van der Waals surface area contributed by atoms with E-state index in [1.54, 1.807) is 0 Å². The Morgan fingerprint density at radius 2 is 1.91 bits per heavy atom. The number of morpholine rings is 1. The van der Waals surface area contributed by atoms with Crippen molar-refractivity contribution in [2.45, 2.75) is 25.4 Å². The first kappa shape index (κ1) is 22.7. The molecule has 1 aromatic heterocycles. The number of hydrogen-bond donors (Lipinski definition) is 1. The number of nitrogens with one attached hydrogen (secondary N) is 1. The van der Waals surface area contributed by atoms with Gasteiger partial charge >= 0.3 is 5.76 Å². The molecule has 0 radical (unpaired) electrons. The number of benzene rings is 2. The fourth-order valence-electron chi connectivity index (χ4n) is 4.01. The zero-order valence-electron chi connectivity index (χ0n) is 18.1. The number of carbonyl (C=O) groups excluding carboxylic acids is 1. The average molecular weight is 454 g/mol. The van der Waals surface area contributed by atoms with Crippen molar-refractivity contribution in [1.29, 1.82) is 0 Å². The van der Waals surface area contributed by atoms with Crippen LogP contribution in [0.25, 0.3) is 11.1 Å². The molecule has 0 bridgehead atoms. The van der Waals surface area contributed by atoms with Gasteiger partial charge in [-0.3, -0.25) is 24.4 Å². The smallest absolute Gasteiger partial charge is 0.407 e. The highest BCUT2D eigenvalue weighted by Crippen LogP contribution is 2.20. The number of aromatic nitrogens is 1. The van der Waals surface area contributed by atoms with Crippen molar-refractivity contribution < 1.29 is 18.9 Å². The lowest BCUT2D eigenvalue weighted by Crippen LogP contribution is -2.43. The van der Waals surface area contributed by atoms with Crippen molar-refractivity contribution in [2.75, 3.05) is 32.8 Å². The molecule has 33 heavy (non-hydrogen) atoms. The first-order valence-electron chi connectivity index (χ1n) is 10.9. The van der Waals surface area contributed by atoms with Gasteiger partial charge in [0.2, 0.25) is 5.91 Å². The Kier molecular flexibility index (Phi) is 7.16. The lowest BCUT2D eigenvalue weighted by atomic mass is 10.1. The van der Waals surface area contributed by atoms with Crippen LogP contribution in [0.1, 0.15) is 24.4 Å². The highest BCUT2D eigenvalue weighted by molar-refractivity contribution is 5.77. The molecule has 1 aliphatic rings. The molecule has 2 aromatic carbocycles. The normalized spacial score (nSPS) is 15.4. The van der Waals surface area contributed by atoms with Gasteiger partial charge in [0.25, 0.3) is 5.69 Å². The number of aryl methyl sites for hydroxylation is 1. The molecule has 0 saturated carbocycles. The van der Waals surface area contributed by atoms with E-state index in [0.29, 0.717) is 31.7 Å². The zero-order chi connectivity index (χ0) is 23.2. The molecule has 0 unspecified atom stereocenters. The highest BCUT2D eigenvalue weighted by atomic mass is 16.6. The molecular weight excluding hydrogens is 428 g/mol. The maximum atomic E-state index is 12.7. The van der Waals surface area contributed by atoms with Gasteiger partial charge in [-0.25, -0.2) is 4.79 Å². The van der Waals surface area contributed by atoms with Crippen LogP contribution in [0.5, 0.6) is 0 Å². The summed E-state index contributed by atoms with van der Waals surface area (Å²) in [5.74, 6) is -0.700. The molecule has 2 heterocycles. The van der Waals surface area contributed by atoms with Crippen molar-refractivity contribution in [3.05, 3.63) is 74.8 Å². The van der Waals surface area contributed by atoms with Crippen LogP contribution in [0, 0.1) is 10.1 Å². The third-order valence-electron chi connectivity index (χ3n) is 5.73. The number of rotatable bonds is 9. The molecular formula is C23H26N4O6. The molecule has 0 spiro atoms. The summed E-state index contributed by atoms with van der Waals surface area (Å²) in [4.78, 5) is 37.6. The van der Waals surface area contributed by atoms with Crippen LogP contribution in [-0.2, 0) is 16.1 Å². The number of carbonyl (C=O) groups is 1. The summed E-state index contributed by atoms with van der Waals surface area (Å²) in [6, 6.07) is 13.8. The number of oxazole rings is 1. The Hall–Kier alpha value is -3.50. The van der Waals surface area contributed by atoms with Crippen LogP contribution in [0.3, 0.4) is 0 Å². The minimum absolute atomic E-state index is 0.103. The van der Waals surface area contributed by atoms with E-state index in [1.807, 2.05) is 30.3 Å². The number of nitro benzene ring substituents is 1. The van der Waals surface area contributed by atoms with Gasteiger partial charge in [-0.1, -0.05) is 30.3 Å². The molecule has 4 rings (SSSR count). The van der Waals surface area contributed by atoms with Crippen LogP contribution >= 0.6 is 0 Å². The molecule has 10 nitrogen and oxygen atoms in total. The van der Waals surface area contributed by atoms with Crippen molar-refractivity contribution in [1.82, 2.24) is 14.8 Å². The van der Waals surface area contributed by atoms with Gasteiger partial charge in [0.15, 0.2) is 5.58 Å². The molecule has 3 aromatic rings. The number of nitrogens with zero attached hydrogens (tertiary/aromatic N) is 3. The minimum atomic E-state index is -0.597. The largest absolute Gasteiger partial charge is 0.419 e. The van der Waals surface area contributed by atoms with E-state index in [1.165, 1.54) is 22.8 Å². The Morgan fingerprint density at radius 1 is 1.15 bits per heavy atom. The van der Waals surface area contributed by atoms with Gasteiger partial charge in [0.1, 0.15) is 0 Å². The van der Waals surface area contributed by atoms with Crippen molar-refractivity contribution >= 4 is 22.7 Å². The van der Waals surface area contributed by atoms with Gasteiger partial charge in [-0.15, -0.1) is 0 Å². The van der Waals surface area contributed by atoms with E-state index in [0.717, 1.165) is 18.7 Å². The van der Waals surface area contributed by atoms with E-state index in [2.05, 4.69) is 10.2 Å². The van der Waals surface area contributed by atoms with E-state index < -0.39 is 10.7 Å². The molecule has 1 atom stereocenters. The third-order valence-corrected chi connectivity index (χ3v) is 5.73. The Balaban J connectivity index is 1.37. The van der Waals surface area contributed by atoms with Crippen LogP contribution < -0.4 is 11.1 Å². The first-order chi connectivity index (χ1) is 16.0. The third kappa shape index (κ3) is 5.65. The molecule has 1 amide bonds. The fourth-order valence-corrected chi connectivity index (χ4v) is 4.01. The summed E-state index contributed by atoms with van der Waals surface area (Å²) in [5, 5.41) is 14.1. The summed E-state index contributed by atoms with van der Waals surface area (Å²) < 4.78 is 12.0. The summed E-state index contributed by atoms with van der Waals surface area (Å²) in [6.45, 7) is 4.00. The fraction of sp³-hybridized carbons (Fsp3) is 0.391. The van der Waals surface area contributed by atoms with Gasteiger partial charge in [-0.05, 0) is 18.1 Å². The lowest BCUT2D eigenvalue weighted by Gasteiger charge is -2.31. The van der Waals surface area contributed by atoms with E-state index >= 15 is 0 Å². The maximum Gasteiger partial charge on any atom is 0.419 e. The molecule has 10 heteroatoms. The van der Waals surface area contributed by atoms with Gasteiger partial charge < -0.3 is 14.5 Å². The quantitative estimate of drug-likeness (QED) is 0.390. The van der Waals surface area contributed by atoms with Gasteiger partial charge in [-0.2, -0.15) is 0 Å². The second kappa shape index (κ2) is 10.4. The Labute approximate surface area is 189 Å². The summed E-state index contributed by atoms with van der Waals surface area (Å²) in [6.07, 6.45) is 0.662. The molecule has 174 valence electrons. The number of hydrogen-bond acceptors (Lipinski definition) is 7. The molecule has 1 fully saturated rings. The first-order valence-corrected chi connectivity index (χ1v) is 10.9. The topological polar surface area (TPSA) is 120 Å². The summed E-state index contributed by atoms with van der Waals surface area (Å²) in [5.41, 5.74) is 1.53. The maximum absolute atomic E-state index is 12.7. The lowest BCUT2D eigenvalue weighted by molar-refractivity contribution is -0.384. The average Bonchev–Trinajstić information content (AvgIpc) is 3.14. The number of amides is 1. The second-order valence-electron chi connectivity index (χ2n) is 7.98. The van der Waals surface area contributed by atoms with Crippen LogP contribution in [0.15, 0.2) is 57.7 Å². The highest BCUT2D eigenvalue weighted by Gasteiger charge is 2.20. The van der Waals surface area contributed by atoms with Crippen molar-refractivity contribution in [3.8, 4) is 0 Å². The Morgan fingerprint density at radius 3 is 2.64 bits per heavy atom. The minimum Gasteiger partial charge on any atom is -0.407 e. The summed E-state index contributed by atoms with van der Waals surface area (Å²) in [7, 11) is 0. The van der Waals surface area contributed by atoms with Gasteiger partial charge in [0, 0.05) is 38.7 Å². The predicted molar refractivity (Wildman–Crippen MR) is 121 cm³/mol. The molecule has 1 aliphatic heterocycles. The molecule has 1 N–H and O–H groups in total. The van der Waals surface area contributed by atoms with E-state index in [4.69, 9.17) is 9.15 Å². The second-order valence-corrected chi connectivity index (χ2v) is 7.98. The SMILES string of the molecule is O=C(CCCn1c(=O)oc2cc([N+](=O)[O-])ccc21)N[C@@H](CN1CCOCC1)c1ccccc1. The number of nitro groups is 1. The molecule has 0 aliphatic carbocycles. The van der Waals surface area contributed by atoms with Gasteiger partial charge in [0.05, 0.1) is 35.8 Å². The van der Waals surface area contributed by atoms with E-state index in [-0.39, 0.29) is 36.2 Å². The number of ether oxygens (including phenoxy) is 1. The zero-order valence-corrected chi connectivity index (χ0v) is 18.1.